The summed E-state index contributed by atoms with van der Waals surface area (Å²) in [6.45, 7) is -0.106. The maximum absolute atomic E-state index is 11.7. The Morgan fingerprint density at radius 1 is 1.17 bits per heavy atom. The summed E-state index contributed by atoms with van der Waals surface area (Å²) in [7, 11) is 0. The van der Waals surface area contributed by atoms with E-state index in [1.54, 1.807) is 36.4 Å². The van der Waals surface area contributed by atoms with Gasteiger partial charge in [0.05, 0.1) is 10.4 Å². The Hall–Kier alpha value is -2.14. The number of amides is 1. The van der Waals surface area contributed by atoms with Crippen LogP contribution in [0.5, 0.6) is 5.75 Å². The fraction of sp³-hybridized carbons (Fsp3) is 0.0769. The minimum atomic E-state index is -0.575. The minimum absolute atomic E-state index is 0.106. The second kappa shape index (κ2) is 5.46. The second-order valence-electron chi connectivity index (χ2n) is 3.55. The van der Waals surface area contributed by atoms with E-state index in [2.05, 4.69) is 0 Å². The van der Waals surface area contributed by atoms with Gasteiger partial charge in [-0.1, -0.05) is 18.2 Å². The van der Waals surface area contributed by atoms with Crippen LogP contribution in [0.25, 0.3) is 0 Å². The number of nitrogens with two attached hydrogens (primary N) is 1. The molecule has 0 aliphatic carbocycles. The van der Waals surface area contributed by atoms with E-state index in [0.717, 1.165) is 0 Å². The molecule has 2 aromatic rings. The van der Waals surface area contributed by atoms with Crippen LogP contribution >= 0.6 is 11.3 Å². The van der Waals surface area contributed by atoms with Crippen LogP contribution in [0.2, 0.25) is 0 Å². The van der Waals surface area contributed by atoms with E-state index in [1.165, 1.54) is 11.3 Å². The summed E-state index contributed by atoms with van der Waals surface area (Å²) in [5.41, 5.74) is 5.49. The van der Waals surface area contributed by atoms with E-state index in [1.807, 2.05) is 5.38 Å². The van der Waals surface area contributed by atoms with Crippen LogP contribution in [0.3, 0.4) is 0 Å². The lowest BCUT2D eigenvalue weighted by Crippen LogP contribution is -2.16. The SMILES string of the molecule is NC(=O)c1ccccc1OCC(=O)c1cccs1. The van der Waals surface area contributed by atoms with Gasteiger partial charge in [0.15, 0.2) is 6.61 Å². The lowest BCUT2D eigenvalue weighted by atomic mass is 10.2. The monoisotopic (exact) mass is 261 g/mol. The highest BCUT2D eigenvalue weighted by Gasteiger charge is 2.11. The zero-order chi connectivity index (χ0) is 13.0. The number of carbonyl (C=O) groups excluding carboxylic acids is 2. The van der Waals surface area contributed by atoms with Gasteiger partial charge >= 0.3 is 0 Å². The van der Waals surface area contributed by atoms with Crippen LogP contribution in [-0.4, -0.2) is 18.3 Å². The van der Waals surface area contributed by atoms with E-state index in [0.29, 0.717) is 10.6 Å². The van der Waals surface area contributed by atoms with Crippen LogP contribution in [0.4, 0.5) is 0 Å². The number of rotatable bonds is 5. The number of primary amides is 1. The van der Waals surface area contributed by atoms with Crippen LogP contribution in [0.15, 0.2) is 41.8 Å². The van der Waals surface area contributed by atoms with Crippen molar-refractivity contribution in [3.8, 4) is 5.75 Å². The standard InChI is InChI=1S/C13H11NO3S/c14-13(16)9-4-1-2-5-11(9)17-8-10(15)12-6-3-7-18-12/h1-7H,8H2,(H2,14,16). The first-order valence-corrected chi connectivity index (χ1v) is 6.15. The molecule has 1 aromatic carbocycles. The number of ether oxygens (including phenoxy) is 1. The number of Topliss-reactive ketones (excluding diaryl/α,β-unsaturated/α-hetero) is 1. The molecule has 18 heavy (non-hydrogen) atoms. The Morgan fingerprint density at radius 2 is 1.94 bits per heavy atom. The highest BCUT2D eigenvalue weighted by Crippen LogP contribution is 2.18. The summed E-state index contributed by atoms with van der Waals surface area (Å²) in [5, 5.41) is 1.82. The number of thiophene rings is 1. The van der Waals surface area contributed by atoms with Crippen molar-refractivity contribution in [1.82, 2.24) is 0 Å². The van der Waals surface area contributed by atoms with Crippen LogP contribution < -0.4 is 10.5 Å². The molecule has 0 radical (unpaired) electrons. The molecule has 2 N–H and O–H groups in total. The molecule has 0 atom stereocenters. The molecule has 1 aromatic heterocycles. The zero-order valence-electron chi connectivity index (χ0n) is 9.46. The predicted molar refractivity (Wildman–Crippen MR) is 69.1 cm³/mol. The van der Waals surface area contributed by atoms with Gasteiger partial charge in [0.1, 0.15) is 5.75 Å². The van der Waals surface area contributed by atoms with Crippen molar-refractivity contribution in [2.24, 2.45) is 5.73 Å². The van der Waals surface area contributed by atoms with E-state index in [-0.39, 0.29) is 18.0 Å². The molecule has 0 fully saturated rings. The molecule has 92 valence electrons. The van der Waals surface area contributed by atoms with Gasteiger partial charge in [-0.3, -0.25) is 9.59 Å². The number of hydrogen-bond acceptors (Lipinski definition) is 4. The Kier molecular flexibility index (Phi) is 3.74. The summed E-state index contributed by atoms with van der Waals surface area (Å²) in [5.74, 6) is -0.367. The summed E-state index contributed by atoms with van der Waals surface area (Å²) in [4.78, 5) is 23.5. The molecule has 0 aliphatic rings. The van der Waals surface area contributed by atoms with Crippen molar-refractivity contribution < 1.29 is 14.3 Å². The quantitative estimate of drug-likeness (QED) is 0.838. The molecule has 1 heterocycles. The van der Waals surface area contributed by atoms with Crippen molar-refractivity contribution in [1.29, 1.82) is 0 Å². The number of ketones is 1. The highest BCUT2D eigenvalue weighted by atomic mass is 32.1. The molecule has 1 amide bonds. The van der Waals surface area contributed by atoms with E-state index < -0.39 is 5.91 Å². The third-order valence-electron chi connectivity index (χ3n) is 2.31. The third-order valence-corrected chi connectivity index (χ3v) is 3.22. The fourth-order valence-electron chi connectivity index (χ4n) is 1.45. The van der Waals surface area contributed by atoms with Crippen molar-refractivity contribution >= 4 is 23.0 Å². The fourth-order valence-corrected chi connectivity index (χ4v) is 2.10. The van der Waals surface area contributed by atoms with Gasteiger partial charge in [-0.05, 0) is 23.6 Å². The molecule has 0 spiro atoms. The first kappa shape index (κ1) is 12.3. The summed E-state index contributed by atoms with van der Waals surface area (Å²) < 4.78 is 5.34. The molecule has 0 unspecified atom stereocenters. The van der Waals surface area contributed by atoms with Gasteiger partial charge in [0.2, 0.25) is 5.78 Å². The molecule has 4 nitrogen and oxygen atoms in total. The van der Waals surface area contributed by atoms with Crippen LogP contribution in [0.1, 0.15) is 20.0 Å². The molecule has 0 saturated heterocycles. The third kappa shape index (κ3) is 2.75. The Bertz CT molecular complexity index is 563. The van der Waals surface area contributed by atoms with Crippen LogP contribution in [-0.2, 0) is 0 Å². The minimum Gasteiger partial charge on any atom is -0.485 e. The largest absolute Gasteiger partial charge is 0.485 e. The first-order chi connectivity index (χ1) is 8.68. The van der Waals surface area contributed by atoms with Gasteiger partial charge < -0.3 is 10.5 Å². The predicted octanol–water partition coefficient (Wildman–Crippen LogP) is 2.11. The Labute approximate surface area is 108 Å². The Balaban J connectivity index is 2.07. The molecule has 2 rings (SSSR count). The lowest BCUT2D eigenvalue weighted by molar-refractivity contribution is 0.0916. The second-order valence-corrected chi connectivity index (χ2v) is 4.50. The van der Waals surface area contributed by atoms with Gasteiger partial charge in [0, 0.05) is 0 Å². The molecule has 0 aliphatic heterocycles. The first-order valence-electron chi connectivity index (χ1n) is 5.27. The molecular formula is C13H11NO3S. The van der Waals surface area contributed by atoms with Crippen LogP contribution in [0, 0.1) is 0 Å². The molecule has 0 bridgehead atoms. The number of benzene rings is 1. The van der Waals surface area contributed by atoms with E-state index in [4.69, 9.17) is 10.5 Å². The maximum atomic E-state index is 11.7. The van der Waals surface area contributed by atoms with E-state index in [9.17, 15) is 9.59 Å². The van der Waals surface area contributed by atoms with Gasteiger partial charge in [-0.2, -0.15) is 0 Å². The average molecular weight is 261 g/mol. The molecular weight excluding hydrogens is 250 g/mol. The smallest absolute Gasteiger partial charge is 0.252 e. The van der Waals surface area contributed by atoms with Crippen molar-refractivity contribution in [3.63, 3.8) is 0 Å². The number of para-hydroxylation sites is 1. The zero-order valence-corrected chi connectivity index (χ0v) is 10.3. The van der Waals surface area contributed by atoms with Crippen molar-refractivity contribution in [3.05, 3.63) is 52.2 Å². The number of carbonyl (C=O) groups is 2. The van der Waals surface area contributed by atoms with E-state index >= 15 is 0 Å². The van der Waals surface area contributed by atoms with Crippen molar-refractivity contribution in [2.45, 2.75) is 0 Å². The van der Waals surface area contributed by atoms with Crippen molar-refractivity contribution in [2.75, 3.05) is 6.61 Å². The highest BCUT2D eigenvalue weighted by molar-refractivity contribution is 7.12. The summed E-state index contributed by atoms with van der Waals surface area (Å²) >= 11 is 1.36. The lowest BCUT2D eigenvalue weighted by Gasteiger charge is -2.07. The normalized spacial score (nSPS) is 10.0. The summed E-state index contributed by atoms with van der Waals surface area (Å²) in [6.07, 6.45) is 0. The molecule has 0 saturated carbocycles. The topological polar surface area (TPSA) is 69.4 Å². The van der Waals surface area contributed by atoms with Gasteiger partial charge in [0.25, 0.3) is 5.91 Å². The van der Waals surface area contributed by atoms with Gasteiger partial charge in [-0.15, -0.1) is 11.3 Å². The Morgan fingerprint density at radius 3 is 2.61 bits per heavy atom. The maximum Gasteiger partial charge on any atom is 0.252 e. The molecule has 5 heteroatoms. The number of hydrogen-bond donors (Lipinski definition) is 1. The summed E-state index contributed by atoms with van der Waals surface area (Å²) in [6, 6.07) is 10.1. The average Bonchev–Trinajstić information content (AvgIpc) is 2.90. The van der Waals surface area contributed by atoms with Gasteiger partial charge in [-0.25, -0.2) is 0 Å².